The fourth-order valence-corrected chi connectivity index (χ4v) is 1.37. The van der Waals surface area contributed by atoms with Gasteiger partial charge in [-0.2, -0.15) is 5.26 Å². The molecule has 1 aromatic rings. The second kappa shape index (κ2) is 6.49. The first kappa shape index (κ1) is 13.0. The number of nitriles is 1. The van der Waals surface area contributed by atoms with Crippen molar-refractivity contribution in [3.8, 4) is 6.07 Å². The highest BCUT2D eigenvalue weighted by Gasteiger charge is 2.08. The van der Waals surface area contributed by atoms with Crippen molar-refractivity contribution in [3.05, 3.63) is 47.5 Å². The van der Waals surface area contributed by atoms with E-state index in [0.717, 1.165) is 5.56 Å². The number of rotatable bonds is 4. The molecule has 88 valence electrons. The van der Waals surface area contributed by atoms with Gasteiger partial charge >= 0.3 is 0 Å². The van der Waals surface area contributed by atoms with Crippen molar-refractivity contribution < 1.29 is 4.79 Å². The maximum atomic E-state index is 11.7. The number of allylic oxidation sites excluding steroid dienone is 1. The number of hydrogen-bond donors (Lipinski definition) is 1. The molecule has 0 saturated carbocycles. The first-order valence-electron chi connectivity index (χ1n) is 5.57. The fourth-order valence-electron chi connectivity index (χ4n) is 1.37. The van der Waals surface area contributed by atoms with Crippen molar-refractivity contribution in [2.75, 3.05) is 0 Å². The Labute approximate surface area is 102 Å². The van der Waals surface area contributed by atoms with E-state index in [4.69, 9.17) is 5.26 Å². The molecule has 0 unspecified atom stereocenters. The zero-order chi connectivity index (χ0) is 12.7. The lowest BCUT2D eigenvalue weighted by Gasteiger charge is -2.05. The third-order valence-corrected chi connectivity index (χ3v) is 2.16. The third-order valence-electron chi connectivity index (χ3n) is 2.16. The quantitative estimate of drug-likeness (QED) is 0.635. The Morgan fingerprint density at radius 3 is 2.59 bits per heavy atom. The Hall–Kier alpha value is -2.08. The van der Waals surface area contributed by atoms with Crippen molar-refractivity contribution in [1.82, 2.24) is 5.32 Å². The van der Waals surface area contributed by atoms with Crippen LogP contribution in [0.1, 0.15) is 19.4 Å². The van der Waals surface area contributed by atoms with Gasteiger partial charge in [-0.1, -0.05) is 50.3 Å². The molecule has 0 atom stereocenters. The van der Waals surface area contributed by atoms with E-state index in [1.165, 1.54) is 0 Å². The molecule has 0 spiro atoms. The molecule has 0 radical (unpaired) electrons. The lowest BCUT2D eigenvalue weighted by Crippen LogP contribution is -2.24. The van der Waals surface area contributed by atoms with Crippen LogP contribution < -0.4 is 5.32 Å². The topological polar surface area (TPSA) is 52.9 Å². The largest absolute Gasteiger partial charge is 0.347 e. The fraction of sp³-hybridized carbons (Fsp3) is 0.286. The number of benzene rings is 1. The number of carbonyl (C=O) groups is 1. The van der Waals surface area contributed by atoms with E-state index in [9.17, 15) is 4.79 Å². The van der Waals surface area contributed by atoms with Crippen molar-refractivity contribution >= 4 is 5.91 Å². The molecule has 0 fully saturated rings. The van der Waals surface area contributed by atoms with Gasteiger partial charge in [-0.15, -0.1) is 0 Å². The lowest BCUT2D eigenvalue weighted by molar-refractivity contribution is -0.117. The minimum absolute atomic E-state index is 0.177. The number of carbonyl (C=O) groups excluding carboxylic acids is 1. The maximum absolute atomic E-state index is 11.7. The SMILES string of the molecule is CC(C)/C=C(/C#N)C(=O)NCc1ccccc1. The average molecular weight is 228 g/mol. The van der Waals surface area contributed by atoms with Gasteiger partial charge in [-0.3, -0.25) is 4.79 Å². The van der Waals surface area contributed by atoms with Crippen LogP contribution in [0.25, 0.3) is 0 Å². The summed E-state index contributed by atoms with van der Waals surface area (Å²) in [6.45, 7) is 4.31. The van der Waals surface area contributed by atoms with Gasteiger partial charge in [0.15, 0.2) is 0 Å². The standard InChI is InChI=1S/C14H16N2O/c1-11(2)8-13(9-15)14(17)16-10-12-6-4-3-5-7-12/h3-8,11H,10H2,1-2H3,(H,16,17)/b13-8-. The zero-order valence-electron chi connectivity index (χ0n) is 10.1. The Balaban J connectivity index is 2.58. The van der Waals surface area contributed by atoms with E-state index < -0.39 is 0 Å². The summed E-state index contributed by atoms with van der Waals surface area (Å²) in [6.07, 6.45) is 1.67. The van der Waals surface area contributed by atoms with Crippen LogP contribution in [0.3, 0.4) is 0 Å². The second-order valence-electron chi connectivity index (χ2n) is 4.10. The molecule has 0 aliphatic carbocycles. The first-order chi connectivity index (χ1) is 8.13. The van der Waals surface area contributed by atoms with Gasteiger partial charge in [0, 0.05) is 6.54 Å². The Morgan fingerprint density at radius 1 is 1.41 bits per heavy atom. The molecule has 17 heavy (non-hydrogen) atoms. The van der Waals surface area contributed by atoms with Crippen LogP contribution in [0.4, 0.5) is 0 Å². The molecule has 0 aliphatic rings. The maximum Gasteiger partial charge on any atom is 0.261 e. The van der Waals surface area contributed by atoms with Crippen LogP contribution in [0.5, 0.6) is 0 Å². The highest BCUT2D eigenvalue weighted by Crippen LogP contribution is 2.03. The number of nitrogens with one attached hydrogen (secondary N) is 1. The monoisotopic (exact) mass is 228 g/mol. The highest BCUT2D eigenvalue weighted by molar-refractivity contribution is 5.97. The van der Waals surface area contributed by atoms with E-state index in [2.05, 4.69) is 5.32 Å². The molecule has 0 aliphatic heterocycles. The van der Waals surface area contributed by atoms with Gasteiger partial charge in [0.05, 0.1) is 0 Å². The molecule has 1 N–H and O–H groups in total. The summed E-state index contributed by atoms with van der Waals surface area (Å²) >= 11 is 0. The number of hydrogen-bond acceptors (Lipinski definition) is 2. The van der Waals surface area contributed by atoms with Crippen LogP contribution in [0.15, 0.2) is 42.0 Å². The van der Waals surface area contributed by atoms with Crippen LogP contribution in [-0.2, 0) is 11.3 Å². The Bertz CT molecular complexity index is 441. The zero-order valence-corrected chi connectivity index (χ0v) is 10.1. The van der Waals surface area contributed by atoms with E-state index in [1.807, 2.05) is 50.2 Å². The van der Waals surface area contributed by atoms with E-state index >= 15 is 0 Å². The summed E-state index contributed by atoms with van der Waals surface area (Å²) in [6, 6.07) is 11.5. The molecule has 0 bridgehead atoms. The molecule has 1 amide bonds. The van der Waals surface area contributed by atoms with Crippen molar-refractivity contribution in [2.24, 2.45) is 5.92 Å². The normalized spacial score (nSPS) is 11.1. The van der Waals surface area contributed by atoms with Gasteiger partial charge in [-0.05, 0) is 11.5 Å². The first-order valence-corrected chi connectivity index (χ1v) is 5.57. The molecule has 3 nitrogen and oxygen atoms in total. The van der Waals surface area contributed by atoms with Crippen LogP contribution in [-0.4, -0.2) is 5.91 Å². The van der Waals surface area contributed by atoms with E-state index in [-0.39, 0.29) is 17.4 Å². The summed E-state index contributed by atoms with van der Waals surface area (Å²) in [5.74, 6) is -0.128. The van der Waals surface area contributed by atoms with Gasteiger partial charge in [0.1, 0.15) is 11.6 Å². The molecular weight excluding hydrogens is 212 g/mol. The van der Waals surface area contributed by atoms with E-state index in [1.54, 1.807) is 6.08 Å². The molecule has 1 aromatic carbocycles. The van der Waals surface area contributed by atoms with Gasteiger partial charge in [0.25, 0.3) is 5.91 Å². The minimum atomic E-state index is -0.315. The smallest absolute Gasteiger partial charge is 0.261 e. The predicted molar refractivity (Wildman–Crippen MR) is 66.8 cm³/mol. The van der Waals surface area contributed by atoms with Gasteiger partial charge in [-0.25, -0.2) is 0 Å². The number of amides is 1. The van der Waals surface area contributed by atoms with Crippen molar-refractivity contribution in [2.45, 2.75) is 20.4 Å². The van der Waals surface area contributed by atoms with Crippen molar-refractivity contribution in [1.29, 1.82) is 5.26 Å². The third kappa shape index (κ3) is 4.52. The van der Waals surface area contributed by atoms with Crippen LogP contribution in [0, 0.1) is 17.2 Å². The van der Waals surface area contributed by atoms with Crippen molar-refractivity contribution in [3.63, 3.8) is 0 Å². The van der Waals surface area contributed by atoms with E-state index in [0.29, 0.717) is 6.54 Å². The predicted octanol–water partition coefficient (Wildman–Crippen LogP) is 2.41. The Kier molecular flexibility index (Phi) is 4.96. The molecule has 0 saturated heterocycles. The molecule has 3 heteroatoms. The van der Waals surface area contributed by atoms with Gasteiger partial charge < -0.3 is 5.32 Å². The Morgan fingerprint density at radius 2 is 2.06 bits per heavy atom. The molecule has 0 aromatic heterocycles. The van der Waals surface area contributed by atoms with Crippen LogP contribution >= 0.6 is 0 Å². The average Bonchev–Trinajstić information content (AvgIpc) is 2.34. The second-order valence-corrected chi connectivity index (χ2v) is 4.10. The number of nitrogens with zero attached hydrogens (tertiary/aromatic N) is 1. The summed E-state index contributed by atoms with van der Waals surface area (Å²) in [4.78, 5) is 11.7. The summed E-state index contributed by atoms with van der Waals surface area (Å²) in [7, 11) is 0. The molecular formula is C14H16N2O. The minimum Gasteiger partial charge on any atom is -0.347 e. The van der Waals surface area contributed by atoms with Gasteiger partial charge in [0.2, 0.25) is 0 Å². The summed E-state index contributed by atoms with van der Waals surface area (Å²) in [5, 5.41) is 11.6. The highest BCUT2D eigenvalue weighted by atomic mass is 16.1. The lowest BCUT2D eigenvalue weighted by atomic mass is 10.1. The van der Waals surface area contributed by atoms with Crippen LogP contribution in [0.2, 0.25) is 0 Å². The molecule has 0 heterocycles. The summed E-state index contributed by atoms with van der Waals surface area (Å²) in [5.41, 5.74) is 1.19. The summed E-state index contributed by atoms with van der Waals surface area (Å²) < 4.78 is 0. The molecule has 1 rings (SSSR count).